The van der Waals surface area contributed by atoms with Crippen LogP contribution in [0.25, 0.3) is 10.9 Å². The molecule has 2 unspecified atom stereocenters. The molecule has 0 radical (unpaired) electrons. The Morgan fingerprint density at radius 1 is 1.00 bits per heavy atom. The standard InChI is InChI=1S/C15H21N3/c1-12-10-17(11-13(2)16(12)3)18-9-8-14-6-4-5-7-15(14)18/h4-9,12-13H,10-11H2,1-3H3. The molecule has 0 amide bonds. The van der Waals surface area contributed by atoms with Crippen LogP contribution < -0.4 is 5.01 Å². The van der Waals surface area contributed by atoms with E-state index in [9.17, 15) is 0 Å². The molecule has 3 heteroatoms. The summed E-state index contributed by atoms with van der Waals surface area (Å²) < 4.78 is 2.31. The Bertz CT molecular complexity index is 533. The molecular formula is C15H21N3. The highest BCUT2D eigenvalue weighted by molar-refractivity contribution is 5.80. The zero-order valence-corrected chi connectivity index (χ0v) is 11.4. The lowest BCUT2D eigenvalue weighted by molar-refractivity contribution is 0.155. The van der Waals surface area contributed by atoms with Crippen LogP contribution in [0.15, 0.2) is 36.5 Å². The second kappa shape index (κ2) is 4.32. The minimum Gasteiger partial charge on any atom is -0.310 e. The zero-order chi connectivity index (χ0) is 12.7. The van der Waals surface area contributed by atoms with E-state index in [2.05, 4.69) is 72.0 Å². The minimum atomic E-state index is 0.593. The molecule has 2 heterocycles. The summed E-state index contributed by atoms with van der Waals surface area (Å²) in [6, 6.07) is 12.0. The monoisotopic (exact) mass is 243 g/mol. The molecule has 0 saturated carbocycles. The maximum Gasteiger partial charge on any atom is 0.0694 e. The van der Waals surface area contributed by atoms with Crippen molar-refractivity contribution in [3.63, 3.8) is 0 Å². The lowest BCUT2D eigenvalue weighted by atomic mass is 10.1. The lowest BCUT2D eigenvalue weighted by Gasteiger charge is -2.44. The molecule has 2 atom stereocenters. The van der Waals surface area contributed by atoms with Gasteiger partial charge in [0.15, 0.2) is 0 Å². The van der Waals surface area contributed by atoms with Crippen LogP contribution in [-0.2, 0) is 0 Å². The van der Waals surface area contributed by atoms with Crippen molar-refractivity contribution in [2.24, 2.45) is 0 Å². The normalized spacial score (nSPS) is 25.8. The van der Waals surface area contributed by atoms with Crippen molar-refractivity contribution in [1.29, 1.82) is 0 Å². The minimum absolute atomic E-state index is 0.593. The van der Waals surface area contributed by atoms with E-state index in [0.717, 1.165) is 13.1 Å². The van der Waals surface area contributed by atoms with Gasteiger partial charge in [-0.1, -0.05) is 18.2 Å². The number of piperazine rings is 1. The summed E-state index contributed by atoms with van der Waals surface area (Å²) in [6.07, 6.45) is 2.19. The summed E-state index contributed by atoms with van der Waals surface area (Å²) in [6.45, 7) is 6.77. The fourth-order valence-corrected chi connectivity index (χ4v) is 2.87. The lowest BCUT2D eigenvalue weighted by Crippen LogP contribution is -2.58. The van der Waals surface area contributed by atoms with Crippen LogP contribution in [0.5, 0.6) is 0 Å². The summed E-state index contributed by atoms with van der Waals surface area (Å²) in [7, 11) is 2.22. The predicted molar refractivity (Wildman–Crippen MR) is 76.6 cm³/mol. The average molecular weight is 243 g/mol. The van der Waals surface area contributed by atoms with Crippen molar-refractivity contribution in [1.82, 2.24) is 9.58 Å². The van der Waals surface area contributed by atoms with E-state index in [0.29, 0.717) is 12.1 Å². The number of fused-ring (bicyclic) bond motifs is 1. The summed E-state index contributed by atoms with van der Waals surface area (Å²) in [5, 5.41) is 3.77. The second-order valence-corrected chi connectivity index (χ2v) is 5.45. The second-order valence-electron chi connectivity index (χ2n) is 5.45. The molecule has 1 fully saturated rings. The van der Waals surface area contributed by atoms with Gasteiger partial charge in [-0.2, -0.15) is 0 Å². The first-order valence-corrected chi connectivity index (χ1v) is 6.70. The van der Waals surface area contributed by atoms with Crippen molar-refractivity contribution >= 4 is 10.9 Å². The topological polar surface area (TPSA) is 11.4 Å². The average Bonchev–Trinajstić information content (AvgIpc) is 2.79. The van der Waals surface area contributed by atoms with Gasteiger partial charge in [0.2, 0.25) is 0 Å². The van der Waals surface area contributed by atoms with Gasteiger partial charge in [0.25, 0.3) is 0 Å². The number of hydrogen-bond acceptors (Lipinski definition) is 2. The molecule has 0 aliphatic carbocycles. The quantitative estimate of drug-likeness (QED) is 0.761. The van der Waals surface area contributed by atoms with Crippen LogP contribution in [-0.4, -0.2) is 41.8 Å². The Morgan fingerprint density at radius 2 is 1.67 bits per heavy atom. The van der Waals surface area contributed by atoms with Gasteiger partial charge >= 0.3 is 0 Å². The number of likely N-dealkylation sites (N-methyl/N-ethyl adjacent to an activating group) is 1. The highest BCUT2D eigenvalue weighted by Gasteiger charge is 2.26. The third-order valence-corrected chi connectivity index (χ3v) is 4.22. The van der Waals surface area contributed by atoms with E-state index in [-0.39, 0.29) is 0 Å². The molecule has 0 spiro atoms. The number of aromatic nitrogens is 1. The SMILES string of the molecule is CC1CN(n2ccc3ccccc32)CC(C)N1C. The van der Waals surface area contributed by atoms with Crippen LogP contribution in [0.4, 0.5) is 0 Å². The zero-order valence-electron chi connectivity index (χ0n) is 11.4. The van der Waals surface area contributed by atoms with Crippen LogP contribution in [0, 0.1) is 0 Å². The Labute approximate surface area is 109 Å². The number of benzene rings is 1. The molecule has 96 valence electrons. The van der Waals surface area contributed by atoms with E-state index >= 15 is 0 Å². The highest BCUT2D eigenvalue weighted by Crippen LogP contribution is 2.19. The van der Waals surface area contributed by atoms with Crippen molar-refractivity contribution in [3.8, 4) is 0 Å². The van der Waals surface area contributed by atoms with Gasteiger partial charge in [-0.05, 0) is 33.0 Å². The van der Waals surface area contributed by atoms with E-state index in [1.165, 1.54) is 10.9 Å². The fourth-order valence-electron chi connectivity index (χ4n) is 2.87. The molecule has 1 aliphatic rings. The van der Waals surface area contributed by atoms with E-state index in [1.807, 2.05) is 0 Å². The molecule has 18 heavy (non-hydrogen) atoms. The van der Waals surface area contributed by atoms with Crippen molar-refractivity contribution < 1.29 is 0 Å². The molecule has 1 aliphatic heterocycles. The molecule has 2 aromatic rings. The van der Waals surface area contributed by atoms with E-state index in [1.54, 1.807) is 0 Å². The molecule has 3 nitrogen and oxygen atoms in total. The number of rotatable bonds is 1. The Morgan fingerprint density at radius 3 is 2.39 bits per heavy atom. The first-order valence-electron chi connectivity index (χ1n) is 6.70. The molecule has 0 bridgehead atoms. The van der Waals surface area contributed by atoms with Gasteiger partial charge in [-0.25, -0.2) is 0 Å². The predicted octanol–water partition coefficient (Wildman–Crippen LogP) is 2.30. The van der Waals surface area contributed by atoms with Crippen LogP contribution >= 0.6 is 0 Å². The Kier molecular flexibility index (Phi) is 2.78. The largest absolute Gasteiger partial charge is 0.310 e. The molecule has 1 aromatic carbocycles. The van der Waals surface area contributed by atoms with Gasteiger partial charge in [0.1, 0.15) is 0 Å². The van der Waals surface area contributed by atoms with Gasteiger partial charge in [-0.15, -0.1) is 0 Å². The molecule has 3 rings (SSSR count). The fraction of sp³-hybridized carbons (Fsp3) is 0.467. The van der Waals surface area contributed by atoms with Crippen molar-refractivity contribution in [2.75, 3.05) is 25.1 Å². The maximum absolute atomic E-state index is 2.46. The smallest absolute Gasteiger partial charge is 0.0694 e. The number of para-hydroxylation sites is 1. The van der Waals surface area contributed by atoms with E-state index < -0.39 is 0 Å². The van der Waals surface area contributed by atoms with Gasteiger partial charge < -0.3 is 5.01 Å². The highest BCUT2D eigenvalue weighted by atomic mass is 15.6. The molecule has 1 saturated heterocycles. The summed E-state index contributed by atoms with van der Waals surface area (Å²) >= 11 is 0. The van der Waals surface area contributed by atoms with E-state index in [4.69, 9.17) is 0 Å². The van der Waals surface area contributed by atoms with Gasteiger partial charge in [0, 0.05) is 36.8 Å². The van der Waals surface area contributed by atoms with Crippen LogP contribution in [0.1, 0.15) is 13.8 Å². The summed E-state index contributed by atoms with van der Waals surface area (Å²) in [5.74, 6) is 0. The molecular weight excluding hydrogens is 222 g/mol. The Balaban J connectivity index is 1.95. The third-order valence-electron chi connectivity index (χ3n) is 4.22. The summed E-state index contributed by atoms with van der Waals surface area (Å²) in [5.41, 5.74) is 1.31. The summed E-state index contributed by atoms with van der Waals surface area (Å²) in [4.78, 5) is 2.46. The van der Waals surface area contributed by atoms with Crippen LogP contribution in [0.2, 0.25) is 0 Å². The molecule has 0 N–H and O–H groups in total. The van der Waals surface area contributed by atoms with Gasteiger partial charge in [0.05, 0.1) is 5.52 Å². The molecule has 1 aromatic heterocycles. The first-order chi connectivity index (χ1) is 8.66. The van der Waals surface area contributed by atoms with Crippen molar-refractivity contribution in [3.05, 3.63) is 36.5 Å². The van der Waals surface area contributed by atoms with Crippen LogP contribution in [0.3, 0.4) is 0 Å². The first kappa shape index (κ1) is 11.6. The third kappa shape index (κ3) is 1.79. The maximum atomic E-state index is 2.46. The van der Waals surface area contributed by atoms with Gasteiger partial charge in [-0.3, -0.25) is 9.58 Å². The number of nitrogens with zero attached hydrogens (tertiary/aromatic N) is 3. The Hall–Kier alpha value is -1.48. The van der Waals surface area contributed by atoms with Crippen molar-refractivity contribution in [2.45, 2.75) is 25.9 Å². The number of hydrogen-bond donors (Lipinski definition) is 0.